The van der Waals surface area contributed by atoms with Crippen molar-refractivity contribution >= 4 is 17.3 Å². The van der Waals surface area contributed by atoms with E-state index < -0.39 is 17.0 Å². The molecule has 5 heteroatoms. The highest BCUT2D eigenvalue weighted by molar-refractivity contribution is 6.01. The third-order valence-corrected chi connectivity index (χ3v) is 3.85. The van der Waals surface area contributed by atoms with E-state index in [1.165, 1.54) is 12.1 Å². The Balaban J connectivity index is 1.85. The van der Waals surface area contributed by atoms with Crippen LogP contribution in [-0.2, 0) is 10.2 Å². The molecule has 0 aliphatic heterocycles. The summed E-state index contributed by atoms with van der Waals surface area (Å²) in [5, 5.41) is 2.48. The van der Waals surface area contributed by atoms with E-state index in [0.29, 0.717) is 18.5 Å². The first kappa shape index (κ1) is 13.5. The molecule has 1 aliphatic rings. The Morgan fingerprint density at radius 2 is 1.76 bits per heavy atom. The topological polar surface area (TPSA) is 55.1 Å². The fraction of sp³-hybridized carbons (Fsp3) is 0.188. The van der Waals surface area contributed by atoms with Crippen LogP contribution in [0.2, 0.25) is 0 Å². The van der Waals surface area contributed by atoms with Gasteiger partial charge in [0, 0.05) is 5.69 Å². The Labute approximate surface area is 120 Å². The number of rotatable bonds is 3. The van der Waals surface area contributed by atoms with E-state index in [2.05, 4.69) is 5.32 Å². The van der Waals surface area contributed by atoms with Gasteiger partial charge in [-0.3, -0.25) is 4.79 Å². The van der Waals surface area contributed by atoms with Crippen LogP contribution in [0, 0.1) is 11.6 Å². The summed E-state index contributed by atoms with van der Waals surface area (Å²) >= 11 is 0. The lowest BCUT2D eigenvalue weighted by Gasteiger charge is -2.16. The number of nitrogen functional groups attached to an aromatic ring is 1. The first-order valence-electron chi connectivity index (χ1n) is 6.64. The third kappa shape index (κ3) is 2.35. The molecule has 1 amide bonds. The van der Waals surface area contributed by atoms with Crippen molar-refractivity contribution < 1.29 is 13.6 Å². The number of carbonyl (C=O) groups excluding carboxylic acids is 1. The summed E-state index contributed by atoms with van der Waals surface area (Å²) in [5.74, 6) is -2.35. The predicted molar refractivity (Wildman–Crippen MR) is 76.8 cm³/mol. The molecule has 0 heterocycles. The molecule has 1 saturated carbocycles. The number of halogens is 2. The summed E-state index contributed by atoms with van der Waals surface area (Å²) in [4.78, 5) is 12.4. The van der Waals surface area contributed by atoms with Gasteiger partial charge in [0.2, 0.25) is 5.91 Å². The smallest absolute Gasteiger partial charge is 0.235 e. The van der Waals surface area contributed by atoms with Crippen LogP contribution in [0.4, 0.5) is 20.2 Å². The first-order valence-corrected chi connectivity index (χ1v) is 6.64. The van der Waals surface area contributed by atoms with E-state index in [9.17, 15) is 13.6 Å². The Bertz CT molecular complexity index is 694. The number of benzene rings is 2. The summed E-state index contributed by atoms with van der Waals surface area (Å²) in [6.07, 6.45) is 1.36. The minimum absolute atomic E-state index is 0.137. The van der Waals surface area contributed by atoms with Gasteiger partial charge in [-0.1, -0.05) is 18.2 Å². The number of nitrogens with one attached hydrogen (secondary N) is 1. The Morgan fingerprint density at radius 1 is 1.10 bits per heavy atom. The van der Waals surface area contributed by atoms with Gasteiger partial charge in [-0.05, 0) is 42.7 Å². The van der Waals surface area contributed by atoms with Crippen molar-refractivity contribution in [2.45, 2.75) is 18.3 Å². The van der Waals surface area contributed by atoms with E-state index in [1.54, 1.807) is 24.3 Å². The summed E-state index contributed by atoms with van der Waals surface area (Å²) in [7, 11) is 0. The Hall–Kier alpha value is -2.43. The molecule has 0 spiro atoms. The quantitative estimate of drug-likeness (QED) is 0.852. The molecule has 2 aromatic rings. The van der Waals surface area contributed by atoms with Crippen molar-refractivity contribution in [3.63, 3.8) is 0 Å². The van der Waals surface area contributed by atoms with Crippen molar-refractivity contribution in [2.24, 2.45) is 0 Å². The van der Waals surface area contributed by atoms with Gasteiger partial charge >= 0.3 is 0 Å². The molecule has 3 nitrogen and oxygen atoms in total. The van der Waals surface area contributed by atoms with Gasteiger partial charge < -0.3 is 11.1 Å². The van der Waals surface area contributed by atoms with Crippen molar-refractivity contribution in [3.05, 3.63) is 59.7 Å². The van der Waals surface area contributed by atoms with E-state index in [0.717, 1.165) is 11.6 Å². The molecule has 108 valence electrons. The number of carbonyl (C=O) groups is 1. The third-order valence-electron chi connectivity index (χ3n) is 3.85. The molecule has 1 aliphatic carbocycles. The van der Waals surface area contributed by atoms with Crippen LogP contribution >= 0.6 is 0 Å². The van der Waals surface area contributed by atoms with Gasteiger partial charge in [-0.15, -0.1) is 0 Å². The number of hydrogen-bond donors (Lipinski definition) is 2. The molecule has 2 aromatic carbocycles. The van der Waals surface area contributed by atoms with E-state index in [-0.39, 0.29) is 11.6 Å². The molecular formula is C16H14F2N2O. The highest BCUT2D eigenvalue weighted by Gasteiger charge is 2.51. The second-order valence-electron chi connectivity index (χ2n) is 5.26. The molecule has 0 unspecified atom stereocenters. The van der Waals surface area contributed by atoms with E-state index in [4.69, 9.17) is 5.73 Å². The van der Waals surface area contributed by atoms with Crippen molar-refractivity contribution in [3.8, 4) is 0 Å². The average molecular weight is 288 g/mol. The highest BCUT2D eigenvalue weighted by Crippen LogP contribution is 2.49. The first-order chi connectivity index (χ1) is 10.0. The maximum atomic E-state index is 13.6. The predicted octanol–water partition coefficient (Wildman–Crippen LogP) is 3.22. The fourth-order valence-corrected chi connectivity index (χ4v) is 2.42. The molecule has 1 fully saturated rings. The standard InChI is InChI=1S/C16H14F2N2O/c17-12-2-1-3-13(14(12)18)20-15(21)16(8-9-16)10-4-6-11(19)7-5-10/h1-7H,8-9,19H2,(H,20,21). The van der Waals surface area contributed by atoms with Gasteiger partial charge in [-0.25, -0.2) is 8.78 Å². The van der Waals surface area contributed by atoms with Crippen LogP contribution < -0.4 is 11.1 Å². The van der Waals surface area contributed by atoms with Crippen LogP contribution in [-0.4, -0.2) is 5.91 Å². The zero-order valence-electron chi connectivity index (χ0n) is 11.2. The normalized spacial score (nSPS) is 15.5. The fourth-order valence-electron chi connectivity index (χ4n) is 2.42. The second-order valence-corrected chi connectivity index (χ2v) is 5.26. The van der Waals surface area contributed by atoms with Gasteiger partial charge in [0.25, 0.3) is 0 Å². The SMILES string of the molecule is Nc1ccc(C2(C(=O)Nc3cccc(F)c3F)CC2)cc1. The van der Waals surface area contributed by atoms with Crippen LogP contribution in [0.15, 0.2) is 42.5 Å². The maximum Gasteiger partial charge on any atom is 0.235 e. The lowest BCUT2D eigenvalue weighted by atomic mass is 9.94. The van der Waals surface area contributed by atoms with Gasteiger partial charge in [0.05, 0.1) is 11.1 Å². The Kier molecular flexibility index (Phi) is 3.12. The minimum Gasteiger partial charge on any atom is -0.399 e. The number of amides is 1. The number of anilines is 2. The lowest BCUT2D eigenvalue weighted by Crippen LogP contribution is -2.28. The zero-order chi connectivity index (χ0) is 15.0. The summed E-state index contributed by atoms with van der Waals surface area (Å²) in [6, 6.07) is 10.8. The summed E-state index contributed by atoms with van der Waals surface area (Å²) in [5.41, 5.74) is 6.29. The second kappa shape index (κ2) is 4.84. The van der Waals surface area contributed by atoms with Crippen molar-refractivity contribution in [2.75, 3.05) is 11.1 Å². The van der Waals surface area contributed by atoms with Gasteiger partial charge in [-0.2, -0.15) is 0 Å². The minimum atomic E-state index is -1.04. The molecule has 0 radical (unpaired) electrons. The van der Waals surface area contributed by atoms with E-state index in [1.807, 2.05) is 0 Å². The van der Waals surface area contributed by atoms with Crippen LogP contribution in [0.3, 0.4) is 0 Å². The van der Waals surface area contributed by atoms with Gasteiger partial charge in [0.1, 0.15) is 0 Å². The molecule has 0 aromatic heterocycles. The van der Waals surface area contributed by atoms with Crippen molar-refractivity contribution in [1.82, 2.24) is 0 Å². The molecule has 21 heavy (non-hydrogen) atoms. The van der Waals surface area contributed by atoms with Crippen LogP contribution in [0.1, 0.15) is 18.4 Å². The molecule has 0 atom stereocenters. The van der Waals surface area contributed by atoms with E-state index >= 15 is 0 Å². The largest absolute Gasteiger partial charge is 0.399 e. The van der Waals surface area contributed by atoms with Gasteiger partial charge in [0.15, 0.2) is 11.6 Å². The maximum absolute atomic E-state index is 13.6. The average Bonchev–Trinajstić information content (AvgIpc) is 3.26. The summed E-state index contributed by atoms with van der Waals surface area (Å²) in [6.45, 7) is 0. The van der Waals surface area contributed by atoms with Crippen LogP contribution in [0.5, 0.6) is 0 Å². The number of nitrogens with two attached hydrogens (primary N) is 1. The zero-order valence-corrected chi connectivity index (χ0v) is 11.2. The van der Waals surface area contributed by atoms with Crippen LogP contribution in [0.25, 0.3) is 0 Å². The lowest BCUT2D eigenvalue weighted by molar-refractivity contribution is -0.118. The highest BCUT2D eigenvalue weighted by atomic mass is 19.2. The molecule has 3 N–H and O–H groups in total. The molecule has 3 rings (SSSR count). The monoisotopic (exact) mass is 288 g/mol. The Morgan fingerprint density at radius 3 is 2.38 bits per heavy atom. The molecular weight excluding hydrogens is 274 g/mol. The molecule has 0 bridgehead atoms. The molecule has 0 saturated heterocycles. The number of hydrogen-bond acceptors (Lipinski definition) is 2. The summed E-state index contributed by atoms with van der Waals surface area (Å²) < 4.78 is 26.8. The van der Waals surface area contributed by atoms with Crippen molar-refractivity contribution in [1.29, 1.82) is 0 Å².